The molecule has 1 saturated heterocycles. The highest BCUT2D eigenvalue weighted by Gasteiger charge is 2.24. The van der Waals surface area contributed by atoms with E-state index in [4.69, 9.17) is 0 Å². The number of carbonyl (C=O) groups excluding carboxylic acids is 1. The van der Waals surface area contributed by atoms with Gasteiger partial charge in [0.15, 0.2) is 5.69 Å². The number of anilines is 1. The summed E-state index contributed by atoms with van der Waals surface area (Å²) in [5.74, 6) is 0.793. The summed E-state index contributed by atoms with van der Waals surface area (Å²) in [5.41, 5.74) is 0.226. The first-order valence-electron chi connectivity index (χ1n) is 6.47. The van der Waals surface area contributed by atoms with Crippen LogP contribution in [0.2, 0.25) is 0 Å². The number of rotatable bonds is 3. The highest BCUT2D eigenvalue weighted by molar-refractivity contribution is 5.86. The molecular formula is C13H20N4O2. The van der Waals surface area contributed by atoms with E-state index in [0.717, 1.165) is 19.5 Å². The van der Waals surface area contributed by atoms with Gasteiger partial charge in [-0.1, -0.05) is 6.92 Å². The van der Waals surface area contributed by atoms with Crippen LogP contribution < -0.4 is 5.32 Å². The lowest BCUT2D eigenvalue weighted by Gasteiger charge is -2.35. The lowest BCUT2D eigenvalue weighted by molar-refractivity contribution is 0.0593. The number of nitrogens with zero attached hydrogens (tertiary/aromatic N) is 3. The van der Waals surface area contributed by atoms with Crippen molar-refractivity contribution in [3.63, 3.8) is 0 Å². The normalized spacial score (nSPS) is 23.9. The Morgan fingerprint density at radius 3 is 2.84 bits per heavy atom. The fourth-order valence-corrected chi connectivity index (χ4v) is 2.38. The van der Waals surface area contributed by atoms with Gasteiger partial charge in [-0.2, -0.15) is 0 Å². The summed E-state index contributed by atoms with van der Waals surface area (Å²) in [4.78, 5) is 13.6. The molecule has 2 rings (SSSR count). The minimum absolute atomic E-state index is 0.226. The van der Waals surface area contributed by atoms with Gasteiger partial charge < -0.3 is 15.0 Å². The summed E-state index contributed by atoms with van der Waals surface area (Å²) < 4.78 is 4.59. The molecule has 104 valence electrons. The smallest absolute Gasteiger partial charge is 0.358 e. The molecule has 1 aliphatic heterocycles. The molecule has 0 radical (unpaired) electrons. The number of likely N-dealkylation sites (tertiary alicyclic amines) is 1. The van der Waals surface area contributed by atoms with Crippen LogP contribution in [0.3, 0.4) is 0 Å². The van der Waals surface area contributed by atoms with E-state index in [0.29, 0.717) is 17.8 Å². The fourth-order valence-electron chi connectivity index (χ4n) is 2.38. The van der Waals surface area contributed by atoms with E-state index in [9.17, 15) is 4.79 Å². The molecule has 2 atom stereocenters. The van der Waals surface area contributed by atoms with E-state index in [1.807, 2.05) is 0 Å². The number of esters is 1. The monoisotopic (exact) mass is 264 g/mol. The van der Waals surface area contributed by atoms with Crippen LogP contribution in [0, 0.1) is 5.92 Å². The Morgan fingerprint density at radius 1 is 1.47 bits per heavy atom. The maximum Gasteiger partial charge on any atom is 0.358 e. The second-order valence-corrected chi connectivity index (χ2v) is 5.07. The average molecular weight is 264 g/mol. The Balaban J connectivity index is 1.98. The molecule has 2 heterocycles. The summed E-state index contributed by atoms with van der Waals surface area (Å²) in [6, 6.07) is 3.79. The molecule has 0 aromatic carbocycles. The number of piperidine rings is 1. The number of hydrogen-bond acceptors (Lipinski definition) is 6. The Morgan fingerprint density at radius 2 is 2.26 bits per heavy atom. The molecule has 1 N–H and O–H groups in total. The Labute approximate surface area is 113 Å². The molecule has 6 nitrogen and oxygen atoms in total. The summed E-state index contributed by atoms with van der Waals surface area (Å²) in [7, 11) is 3.47. The maximum atomic E-state index is 11.3. The average Bonchev–Trinajstić information content (AvgIpc) is 2.42. The van der Waals surface area contributed by atoms with Crippen LogP contribution in [-0.2, 0) is 4.74 Å². The van der Waals surface area contributed by atoms with E-state index < -0.39 is 5.97 Å². The summed E-state index contributed by atoms with van der Waals surface area (Å²) in [5, 5.41) is 11.3. The molecule has 0 bridgehead atoms. The van der Waals surface area contributed by atoms with E-state index in [1.165, 1.54) is 7.11 Å². The number of aromatic nitrogens is 2. The first-order valence-corrected chi connectivity index (χ1v) is 6.47. The SMILES string of the molecule is COC(=O)c1ccc(NC2CCN(C)CC2C)nn1. The molecule has 2 unspecified atom stereocenters. The lowest BCUT2D eigenvalue weighted by Crippen LogP contribution is -2.43. The molecule has 1 aromatic rings. The van der Waals surface area contributed by atoms with Crippen LogP contribution in [0.1, 0.15) is 23.8 Å². The van der Waals surface area contributed by atoms with Crippen molar-refractivity contribution >= 4 is 11.8 Å². The summed E-state index contributed by atoms with van der Waals surface area (Å²) in [6.07, 6.45) is 1.08. The lowest BCUT2D eigenvalue weighted by atomic mass is 9.94. The van der Waals surface area contributed by atoms with Crippen LogP contribution in [0.25, 0.3) is 0 Å². The zero-order chi connectivity index (χ0) is 13.8. The number of hydrogen-bond donors (Lipinski definition) is 1. The first-order chi connectivity index (χ1) is 9.10. The van der Waals surface area contributed by atoms with E-state index >= 15 is 0 Å². The number of methoxy groups -OCH3 is 1. The van der Waals surface area contributed by atoms with Gasteiger partial charge in [0.05, 0.1) is 7.11 Å². The van der Waals surface area contributed by atoms with Crippen molar-refractivity contribution in [2.45, 2.75) is 19.4 Å². The molecule has 0 spiro atoms. The van der Waals surface area contributed by atoms with Crippen molar-refractivity contribution in [1.29, 1.82) is 0 Å². The minimum Gasteiger partial charge on any atom is -0.464 e. The van der Waals surface area contributed by atoms with Crippen LogP contribution in [0.15, 0.2) is 12.1 Å². The first kappa shape index (κ1) is 13.7. The van der Waals surface area contributed by atoms with Crippen molar-refractivity contribution in [2.75, 3.05) is 32.6 Å². The highest BCUT2D eigenvalue weighted by Crippen LogP contribution is 2.19. The van der Waals surface area contributed by atoms with Crippen molar-refractivity contribution in [1.82, 2.24) is 15.1 Å². The highest BCUT2D eigenvalue weighted by atomic mass is 16.5. The van der Waals surface area contributed by atoms with Gasteiger partial charge in [-0.15, -0.1) is 10.2 Å². The van der Waals surface area contributed by atoms with Crippen LogP contribution in [0.4, 0.5) is 5.82 Å². The molecule has 19 heavy (non-hydrogen) atoms. The van der Waals surface area contributed by atoms with Gasteiger partial charge in [0.25, 0.3) is 0 Å². The van der Waals surface area contributed by atoms with Crippen molar-refractivity contribution in [2.24, 2.45) is 5.92 Å². The van der Waals surface area contributed by atoms with Gasteiger partial charge in [0.1, 0.15) is 5.82 Å². The second kappa shape index (κ2) is 5.97. The Kier molecular flexibility index (Phi) is 4.31. The largest absolute Gasteiger partial charge is 0.464 e. The second-order valence-electron chi connectivity index (χ2n) is 5.07. The summed E-state index contributed by atoms with van der Waals surface area (Å²) in [6.45, 7) is 4.38. The standard InChI is InChI=1S/C13H20N4O2/c1-9-8-17(2)7-6-10(9)14-12-5-4-11(15-16-12)13(18)19-3/h4-5,9-10H,6-8H2,1-3H3,(H,14,16). The molecular weight excluding hydrogens is 244 g/mol. The van der Waals surface area contributed by atoms with Crippen LogP contribution in [0.5, 0.6) is 0 Å². The molecule has 1 aromatic heterocycles. The Hall–Kier alpha value is -1.69. The van der Waals surface area contributed by atoms with Crippen molar-refractivity contribution in [3.05, 3.63) is 17.8 Å². The third kappa shape index (κ3) is 3.41. The molecule has 6 heteroatoms. The zero-order valence-electron chi connectivity index (χ0n) is 11.6. The zero-order valence-corrected chi connectivity index (χ0v) is 11.6. The van der Waals surface area contributed by atoms with E-state index in [-0.39, 0.29) is 5.69 Å². The van der Waals surface area contributed by atoms with Gasteiger partial charge in [-0.3, -0.25) is 0 Å². The van der Waals surface area contributed by atoms with Gasteiger partial charge >= 0.3 is 5.97 Å². The number of nitrogens with one attached hydrogen (secondary N) is 1. The maximum absolute atomic E-state index is 11.3. The van der Waals surface area contributed by atoms with Crippen LogP contribution in [-0.4, -0.2) is 54.4 Å². The van der Waals surface area contributed by atoms with E-state index in [1.54, 1.807) is 12.1 Å². The van der Waals surface area contributed by atoms with Crippen molar-refractivity contribution < 1.29 is 9.53 Å². The Bertz CT molecular complexity index is 435. The molecule has 1 aliphatic rings. The predicted molar refractivity (Wildman–Crippen MR) is 72.1 cm³/mol. The van der Waals surface area contributed by atoms with Gasteiger partial charge in [0.2, 0.25) is 0 Å². The fraction of sp³-hybridized carbons (Fsp3) is 0.615. The summed E-state index contributed by atoms with van der Waals surface area (Å²) >= 11 is 0. The number of carbonyl (C=O) groups is 1. The third-order valence-corrected chi connectivity index (χ3v) is 3.50. The van der Waals surface area contributed by atoms with Crippen LogP contribution >= 0.6 is 0 Å². The topological polar surface area (TPSA) is 67.3 Å². The van der Waals surface area contributed by atoms with Crippen molar-refractivity contribution in [3.8, 4) is 0 Å². The third-order valence-electron chi connectivity index (χ3n) is 3.50. The van der Waals surface area contributed by atoms with Gasteiger partial charge in [-0.25, -0.2) is 4.79 Å². The molecule has 0 amide bonds. The quantitative estimate of drug-likeness (QED) is 0.822. The van der Waals surface area contributed by atoms with E-state index in [2.05, 4.69) is 39.1 Å². The molecule has 0 aliphatic carbocycles. The minimum atomic E-state index is -0.466. The predicted octanol–water partition coefficient (Wildman–Crippen LogP) is 1.02. The van der Waals surface area contributed by atoms with Gasteiger partial charge in [0, 0.05) is 12.6 Å². The number of ether oxygens (including phenoxy) is 1. The van der Waals surface area contributed by atoms with Gasteiger partial charge in [-0.05, 0) is 38.1 Å². The molecule has 0 saturated carbocycles. The molecule has 1 fully saturated rings.